The summed E-state index contributed by atoms with van der Waals surface area (Å²) >= 11 is 3.49. The molecule has 112 valence electrons. The monoisotopic (exact) mass is 349 g/mol. The number of nitrogens with zero attached hydrogens (tertiary/aromatic N) is 1. The molecule has 0 bridgehead atoms. The number of nitrogens with two attached hydrogens (primary N) is 1. The van der Waals surface area contributed by atoms with Crippen LogP contribution in [0.15, 0.2) is 34.8 Å². The zero-order valence-electron chi connectivity index (χ0n) is 12.5. The molecule has 1 aromatic carbocycles. The van der Waals surface area contributed by atoms with Crippen LogP contribution in [-0.4, -0.2) is 11.1 Å². The summed E-state index contributed by atoms with van der Waals surface area (Å²) in [6, 6.07) is 9.79. The van der Waals surface area contributed by atoms with Gasteiger partial charge in [-0.05, 0) is 56.2 Å². The first-order valence-electron chi connectivity index (χ1n) is 6.98. The van der Waals surface area contributed by atoms with Gasteiger partial charge in [-0.2, -0.15) is 4.98 Å². The fourth-order valence-electron chi connectivity index (χ4n) is 1.95. The molecule has 0 aliphatic carbocycles. The Morgan fingerprint density at radius 1 is 1.29 bits per heavy atom. The second-order valence-electron chi connectivity index (χ2n) is 5.04. The molecule has 0 radical (unpaired) electrons. The Morgan fingerprint density at radius 3 is 2.71 bits per heavy atom. The van der Waals surface area contributed by atoms with Crippen LogP contribution in [0.25, 0.3) is 0 Å². The Kier molecular flexibility index (Phi) is 5.07. The van der Waals surface area contributed by atoms with Crippen molar-refractivity contribution in [1.82, 2.24) is 4.98 Å². The van der Waals surface area contributed by atoms with Gasteiger partial charge in [0.05, 0.1) is 11.8 Å². The molecule has 1 heterocycles. The lowest BCUT2D eigenvalue weighted by Gasteiger charge is -2.14. The largest absolute Gasteiger partial charge is 0.473 e. The number of hydrogen-bond donors (Lipinski definition) is 2. The molecule has 0 unspecified atom stereocenters. The Labute approximate surface area is 133 Å². The Balaban J connectivity index is 2.27. The third-order valence-corrected chi connectivity index (χ3v) is 3.44. The van der Waals surface area contributed by atoms with Crippen molar-refractivity contribution in [3.63, 3.8) is 0 Å². The van der Waals surface area contributed by atoms with Gasteiger partial charge in [0.2, 0.25) is 5.88 Å². The van der Waals surface area contributed by atoms with Crippen LogP contribution in [0, 0.1) is 0 Å². The van der Waals surface area contributed by atoms with E-state index in [4.69, 9.17) is 10.5 Å². The fraction of sp³-hybridized carbons (Fsp3) is 0.312. The van der Waals surface area contributed by atoms with E-state index in [9.17, 15) is 0 Å². The van der Waals surface area contributed by atoms with Crippen LogP contribution < -0.4 is 15.8 Å². The van der Waals surface area contributed by atoms with Crippen molar-refractivity contribution in [3.8, 4) is 5.88 Å². The number of ether oxygens (including phenoxy) is 1. The zero-order valence-corrected chi connectivity index (χ0v) is 14.1. The van der Waals surface area contributed by atoms with Gasteiger partial charge in [-0.1, -0.05) is 22.9 Å². The van der Waals surface area contributed by atoms with Gasteiger partial charge in [0.15, 0.2) is 0 Å². The SMILES string of the molecule is CCc1cc(Br)ccc1Nc1ccc(N)c(OC(C)C)n1. The van der Waals surface area contributed by atoms with E-state index in [0.29, 0.717) is 11.6 Å². The molecule has 3 N–H and O–H groups in total. The minimum Gasteiger partial charge on any atom is -0.473 e. The number of benzene rings is 1. The van der Waals surface area contributed by atoms with Crippen LogP contribution in [0.3, 0.4) is 0 Å². The third-order valence-electron chi connectivity index (χ3n) is 2.95. The van der Waals surface area contributed by atoms with Gasteiger partial charge in [-0.15, -0.1) is 0 Å². The number of rotatable bonds is 5. The summed E-state index contributed by atoms with van der Waals surface area (Å²) < 4.78 is 6.68. The van der Waals surface area contributed by atoms with Crippen LogP contribution in [0.4, 0.5) is 17.2 Å². The second kappa shape index (κ2) is 6.80. The third kappa shape index (κ3) is 4.11. The lowest BCUT2D eigenvalue weighted by atomic mass is 10.1. The lowest BCUT2D eigenvalue weighted by Crippen LogP contribution is -2.09. The molecule has 0 atom stereocenters. The summed E-state index contributed by atoms with van der Waals surface area (Å²) in [6.07, 6.45) is 0.973. The van der Waals surface area contributed by atoms with Crippen molar-refractivity contribution in [1.29, 1.82) is 0 Å². The Hall–Kier alpha value is -1.75. The number of nitrogen functional groups attached to an aromatic ring is 1. The number of anilines is 3. The minimum atomic E-state index is 0.0360. The van der Waals surface area contributed by atoms with Gasteiger partial charge in [0, 0.05) is 10.2 Å². The molecule has 0 fully saturated rings. The summed E-state index contributed by atoms with van der Waals surface area (Å²) in [4.78, 5) is 4.44. The lowest BCUT2D eigenvalue weighted by molar-refractivity contribution is 0.234. The summed E-state index contributed by atoms with van der Waals surface area (Å²) in [5.74, 6) is 1.18. The van der Waals surface area contributed by atoms with E-state index < -0.39 is 0 Å². The molecule has 2 aromatic rings. The zero-order chi connectivity index (χ0) is 15.4. The van der Waals surface area contributed by atoms with E-state index in [1.165, 1.54) is 5.56 Å². The number of nitrogens with one attached hydrogen (secondary N) is 1. The molecular formula is C16H20BrN3O. The Bertz CT molecular complexity index is 629. The predicted molar refractivity (Wildman–Crippen MR) is 91.2 cm³/mol. The van der Waals surface area contributed by atoms with Crippen molar-refractivity contribution < 1.29 is 4.74 Å². The molecule has 4 nitrogen and oxygen atoms in total. The van der Waals surface area contributed by atoms with Gasteiger partial charge in [0.25, 0.3) is 0 Å². The first-order valence-corrected chi connectivity index (χ1v) is 7.77. The average molecular weight is 350 g/mol. The molecule has 0 saturated heterocycles. The molecule has 1 aromatic heterocycles. The maximum atomic E-state index is 5.89. The normalized spacial score (nSPS) is 10.7. The molecule has 21 heavy (non-hydrogen) atoms. The predicted octanol–water partition coefficient (Wildman–Crippen LogP) is 4.52. The standard InChI is InChI=1S/C16H20BrN3O/c1-4-11-9-12(17)5-7-14(11)19-15-8-6-13(18)16(20-15)21-10(2)3/h5-10H,4,18H2,1-3H3,(H,19,20). The van der Waals surface area contributed by atoms with E-state index in [0.717, 1.165) is 22.4 Å². The Morgan fingerprint density at radius 2 is 2.05 bits per heavy atom. The van der Waals surface area contributed by atoms with E-state index in [1.807, 2.05) is 32.0 Å². The van der Waals surface area contributed by atoms with E-state index in [-0.39, 0.29) is 6.10 Å². The highest BCUT2D eigenvalue weighted by Gasteiger charge is 2.08. The first-order chi connectivity index (χ1) is 9.99. The van der Waals surface area contributed by atoms with Gasteiger partial charge >= 0.3 is 0 Å². The van der Waals surface area contributed by atoms with Crippen molar-refractivity contribution >= 4 is 33.1 Å². The van der Waals surface area contributed by atoms with Gasteiger partial charge in [-0.25, -0.2) is 0 Å². The van der Waals surface area contributed by atoms with Gasteiger partial charge in [0.1, 0.15) is 5.82 Å². The van der Waals surface area contributed by atoms with Crippen molar-refractivity contribution in [2.45, 2.75) is 33.3 Å². The van der Waals surface area contributed by atoms with Crippen LogP contribution in [0.1, 0.15) is 26.3 Å². The average Bonchev–Trinajstić information content (AvgIpc) is 2.44. The molecule has 0 spiro atoms. The number of aryl methyl sites for hydroxylation is 1. The fourth-order valence-corrected chi connectivity index (χ4v) is 2.36. The van der Waals surface area contributed by atoms with Gasteiger partial charge < -0.3 is 15.8 Å². The van der Waals surface area contributed by atoms with E-state index >= 15 is 0 Å². The highest BCUT2D eigenvalue weighted by molar-refractivity contribution is 9.10. The van der Waals surface area contributed by atoms with Crippen molar-refractivity contribution in [2.24, 2.45) is 0 Å². The quantitative estimate of drug-likeness (QED) is 0.832. The van der Waals surface area contributed by atoms with E-state index in [2.05, 4.69) is 39.2 Å². The van der Waals surface area contributed by atoms with E-state index in [1.54, 1.807) is 6.07 Å². The molecule has 5 heteroatoms. The topological polar surface area (TPSA) is 60.2 Å². The first kappa shape index (κ1) is 15.6. The number of hydrogen-bond acceptors (Lipinski definition) is 4. The second-order valence-corrected chi connectivity index (χ2v) is 5.95. The van der Waals surface area contributed by atoms with Crippen LogP contribution in [-0.2, 0) is 6.42 Å². The molecule has 0 aliphatic heterocycles. The summed E-state index contributed by atoms with van der Waals surface area (Å²) in [5.41, 5.74) is 8.68. The molecule has 0 saturated carbocycles. The number of pyridine rings is 1. The molecule has 0 aliphatic rings. The highest BCUT2D eigenvalue weighted by atomic mass is 79.9. The van der Waals surface area contributed by atoms with Crippen molar-refractivity contribution in [2.75, 3.05) is 11.1 Å². The van der Waals surface area contributed by atoms with Gasteiger partial charge in [-0.3, -0.25) is 0 Å². The smallest absolute Gasteiger partial charge is 0.239 e. The number of halogens is 1. The van der Waals surface area contributed by atoms with Crippen molar-refractivity contribution in [3.05, 3.63) is 40.4 Å². The summed E-state index contributed by atoms with van der Waals surface area (Å²) in [6.45, 7) is 6.02. The number of aromatic nitrogens is 1. The van der Waals surface area contributed by atoms with Crippen LogP contribution >= 0.6 is 15.9 Å². The maximum absolute atomic E-state index is 5.89. The molecular weight excluding hydrogens is 330 g/mol. The van der Waals surface area contributed by atoms with Crippen LogP contribution in [0.5, 0.6) is 5.88 Å². The van der Waals surface area contributed by atoms with Crippen LogP contribution in [0.2, 0.25) is 0 Å². The molecule has 0 amide bonds. The summed E-state index contributed by atoms with van der Waals surface area (Å²) in [7, 11) is 0. The maximum Gasteiger partial charge on any atom is 0.239 e. The summed E-state index contributed by atoms with van der Waals surface area (Å²) in [5, 5.41) is 3.32. The minimum absolute atomic E-state index is 0.0360. The highest BCUT2D eigenvalue weighted by Crippen LogP contribution is 2.27. The molecule has 2 rings (SSSR count).